The maximum atomic E-state index is 6.22. The number of ether oxygens (including phenoxy) is 1. The summed E-state index contributed by atoms with van der Waals surface area (Å²) in [5.74, 6) is 1.72. The molecule has 0 saturated heterocycles. The quantitative estimate of drug-likeness (QED) is 0.277. The molecule has 0 aliphatic carbocycles. The first-order valence-corrected chi connectivity index (χ1v) is 11.7. The van der Waals surface area contributed by atoms with E-state index in [4.69, 9.17) is 4.74 Å². The second-order valence-corrected chi connectivity index (χ2v) is 8.84. The van der Waals surface area contributed by atoms with Gasteiger partial charge in [0.2, 0.25) is 0 Å². The van der Waals surface area contributed by atoms with Crippen LogP contribution in [0.5, 0.6) is 11.5 Å². The molecule has 0 amide bonds. The number of nitrogens with one attached hydrogen (secondary N) is 2. The lowest BCUT2D eigenvalue weighted by Crippen LogP contribution is -2.06. The van der Waals surface area contributed by atoms with E-state index in [0.717, 1.165) is 22.5 Å². The van der Waals surface area contributed by atoms with Crippen molar-refractivity contribution in [3.8, 4) is 11.5 Å². The van der Waals surface area contributed by atoms with Crippen molar-refractivity contribution >= 4 is 21.8 Å². The number of aromatic amines is 2. The minimum atomic E-state index is 0.0478. The second kappa shape index (κ2) is 8.27. The van der Waals surface area contributed by atoms with E-state index in [1.54, 1.807) is 0 Å². The Morgan fingerprint density at radius 2 is 1.09 bits per heavy atom. The summed E-state index contributed by atoms with van der Waals surface area (Å²) in [5.41, 5.74) is 8.51. The fourth-order valence-electron chi connectivity index (χ4n) is 5.20. The number of aromatic nitrogens is 2. The minimum Gasteiger partial charge on any atom is -0.457 e. The zero-order chi connectivity index (χ0) is 23.1. The SMILES string of the molecule is Cc1[nH]c2ccccc2c1C(c1cccc(Oc2ccccc2)c1)c1c(C)[nH]c2ccccc12. The van der Waals surface area contributed by atoms with Crippen LogP contribution in [0.3, 0.4) is 0 Å². The standard InChI is InChI=1S/C31H26N2O/c1-20-29(25-15-6-8-17-27(25)32-20)31(30-21(2)33-28-18-9-7-16-26(28)30)22-11-10-14-24(19-22)34-23-12-4-3-5-13-23/h3-19,31-33H,1-2H3. The van der Waals surface area contributed by atoms with Crippen LogP contribution < -0.4 is 4.74 Å². The molecule has 3 nitrogen and oxygen atoms in total. The molecule has 4 aromatic carbocycles. The summed E-state index contributed by atoms with van der Waals surface area (Å²) in [6, 6.07) is 35.6. The van der Waals surface area contributed by atoms with E-state index < -0.39 is 0 Å². The smallest absolute Gasteiger partial charge is 0.127 e. The summed E-state index contributed by atoms with van der Waals surface area (Å²) in [5, 5.41) is 2.51. The Morgan fingerprint density at radius 3 is 1.71 bits per heavy atom. The number of aryl methyl sites for hydroxylation is 2. The Kier molecular flexibility index (Phi) is 4.96. The molecule has 2 N–H and O–H groups in total. The van der Waals surface area contributed by atoms with Crippen LogP contribution in [0.15, 0.2) is 103 Å². The van der Waals surface area contributed by atoms with E-state index in [0.29, 0.717) is 0 Å². The van der Waals surface area contributed by atoms with Crippen molar-refractivity contribution in [1.29, 1.82) is 0 Å². The predicted octanol–water partition coefficient (Wildman–Crippen LogP) is 8.24. The predicted molar refractivity (Wildman–Crippen MR) is 140 cm³/mol. The molecule has 0 spiro atoms. The van der Waals surface area contributed by atoms with Gasteiger partial charge in [0.05, 0.1) is 0 Å². The van der Waals surface area contributed by atoms with Crippen LogP contribution in [0.25, 0.3) is 21.8 Å². The first kappa shape index (κ1) is 20.4. The summed E-state index contributed by atoms with van der Waals surface area (Å²) in [6.07, 6.45) is 0. The van der Waals surface area contributed by atoms with Crippen LogP contribution in [0, 0.1) is 13.8 Å². The maximum Gasteiger partial charge on any atom is 0.127 e. The van der Waals surface area contributed by atoms with Crippen LogP contribution in [-0.4, -0.2) is 9.97 Å². The van der Waals surface area contributed by atoms with Crippen molar-refractivity contribution in [3.05, 3.63) is 131 Å². The lowest BCUT2D eigenvalue weighted by molar-refractivity contribution is 0.482. The fraction of sp³-hybridized carbons (Fsp3) is 0.0968. The molecule has 0 bridgehead atoms. The second-order valence-electron chi connectivity index (χ2n) is 8.84. The van der Waals surface area contributed by atoms with Gasteiger partial charge in [0, 0.05) is 39.1 Å². The first-order chi connectivity index (χ1) is 16.7. The van der Waals surface area contributed by atoms with Gasteiger partial charge in [0.15, 0.2) is 0 Å². The number of H-pyrrole nitrogens is 2. The highest BCUT2D eigenvalue weighted by Crippen LogP contribution is 2.43. The average molecular weight is 443 g/mol. The number of hydrogen-bond acceptors (Lipinski definition) is 1. The van der Waals surface area contributed by atoms with Gasteiger partial charge in [-0.05, 0) is 66.9 Å². The lowest BCUT2D eigenvalue weighted by atomic mass is 9.82. The van der Waals surface area contributed by atoms with Gasteiger partial charge in [-0.3, -0.25) is 0 Å². The third kappa shape index (κ3) is 3.46. The zero-order valence-corrected chi connectivity index (χ0v) is 19.3. The summed E-state index contributed by atoms with van der Waals surface area (Å²) in [6.45, 7) is 4.35. The number of fused-ring (bicyclic) bond motifs is 2. The van der Waals surface area contributed by atoms with Crippen LogP contribution >= 0.6 is 0 Å². The number of rotatable bonds is 5. The molecular formula is C31H26N2O. The molecule has 0 unspecified atom stereocenters. The van der Waals surface area contributed by atoms with Crippen molar-refractivity contribution in [3.63, 3.8) is 0 Å². The van der Waals surface area contributed by atoms with Crippen LogP contribution in [-0.2, 0) is 0 Å². The Balaban J connectivity index is 1.59. The molecule has 0 saturated carbocycles. The number of para-hydroxylation sites is 3. The molecule has 0 atom stereocenters. The van der Waals surface area contributed by atoms with Crippen molar-refractivity contribution in [2.24, 2.45) is 0 Å². The average Bonchev–Trinajstić information content (AvgIpc) is 3.37. The van der Waals surface area contributed by atoms with Gasteiger partial charge in [-0.25, -0.2) is 0 Å². The third-order valence-electron chi connectivity index (χ3n) is 6.63. The molecule has 3 heteroatoms. The molecular weight excluding hydrogens is 416 g/mol. The summed E-state index contributed by atoms with van der Waals surface area (Å²) >= 11 is 0. The van der Waals surface area contributed by atoms with Gasteiger partial charge in [-0.15, -0.1) is 0 Å². The van der Waals surface area contributed by atoms with Gasteiger partial charge in [0.25, 0.3) is 0 Å². The van der Waals surface area contributed by atoms with Crippen LogP contribution in [0.4, 0.5) is 0 Å². The number of hydrogen-bond donors (Lipinski definition) is 2. The molecule has 34 heavy (non-hydrogen) atoms. The van der Waals surface area contributed by atoms with Gasteiger partial charge in [-0.1, -0.05) is 66.7 Å². The van der Waals surface area contributed by atoms with Crippen molar-refractivity contribution in [2.45, 2.75) is 19.8 Å². The zero-order valence-electron chi connectivity index (χ0n) is 19.3. The lowest BCUT2D eigenvalue weighted by Gasteiger charge is -2.21. The van der Waals surface area contributed by atoms with Gasteiger partial charge < -0.3 is 14.7 Å². The van der Waals surface area contributed by atoms with E-state index in [1.807, 2.05) is 36.4 Å². The van der Waals surface area contributed by atoms with Crippen LogP contribution in [0.2, 0.25) is 0 Å². The highest BCUT2D eigenvalue weighted by atomic mass is 16.5. The molecule has 0 aliphatic heterocycles. The van der Waals surface area contributed by atoms with Gasteiger partial charge in [0.1, 0.15) is 11.5 Å². The van der Waals surface area contributed by atoms with E-state index in [9.17, 15) is 0 Å². The number of benzene rings is 4. The van der Waals surface area contributed by atoms with E-state index >= 15 is 0 Å². The van der Waals surface area contributed by atoms with Gasteiger partial charge in [-0.2, -0.15) is 0 Å². The Hall–Kier alpha value is -4.24. The molecule has 2 heterocycles. The van der Waals surface area contributed by atoms with Crippen molar-refractivity contribution < 1.29 is 4.74 Å². The normalized spacial score (nSPS) is 11.5. The first-order valence-electron chi connectivity index (χ1n) is 11.7. The fourth-order valence-corrected chi connectivity index (χ4v) is 5.20. The highest BCUT2D eigenvalue weighted by Gasteiger charge is 2.27. The Labute approximate surface area is 199 Å². The Morgan fingerprint density at radius 1 is 0.559 bits per heavy atom. The van der Waals surface area contributed by atoms with E-state index in [1.165, 1.54) is 38.9 Å². The van der Waals surface area contributed by atoms with Crippen LogP contribution in [0.1, 0.15) is 34.0 Å². The minimum absolute atomic E-state index is 0.0478. The molecule has 166 valence electrons. The molecule has 0 fully saturated rings. The highest BCUT2D eigenvalue weighted by molar-refractivity contribution is 5.90. The van der Waals surface area contributed by atoms with E-state index in [-0.39, 0.29) is 5.92 Å². The molecule has 6 aromatic rings. The van der Waals surface area contributed by atoms with E-state index in [2.05, 4.69) is 90.5 Å². The van der Waals surface area contributed by atoms with Gasteiger partial charge >= 0.3 is 0 Å². The molecule has 6 rings (SSSR count). The topological polar surface area (TPSA) is 40.8 Å². The largest absolute Gasteiger partial charge is 0.457 e. The molecule has 0 radical (unpaired) electrons. The monoisotopic (exact) mass is 442 g/mol. The van der Waals surface area contributed by atoms with Crippen molar-refractivity contribution in [2.75, 3.05) is 0 Å². The third-order valence-corrected chi connectivity index (χ3v) is 6.63. The summed E-state index contributed by atoms with van der Waals surface area (Å²) < 4.78 is 6.22. The summed E-state index contributed by atoms with van der Waals surface area (Å²) in [7, 11) is 0. The molecule has 2 aromatic heterocycles. The van der Waals surface area contributed by atoms with Crippen molar-refractivity contribution in [1.82, 2.24) is 9.97 Å². The Bertz CT molecular complexity index is 1530. The maximum absolute atomic E-state index is 6.22. The summed E-state index contributed by atoms with van der Waals surface area (Å²) in [4.78, 5) is 7.24. The molecule has 0 aliphatic rings.